The Kier molecular flexibility index (Phi) is 4.46. The van der Waals surface area contributed by atoms with E-state index >= 15 is 0 Å². The van der Waals surface area contributed by atoms with Gasteiger partial charge in [0.05, 0.1) is 6.61 Å². The molecule has 1 aliphatic carbocycles. The van der Waals surface area contributed by atoms with Gasteiger partial charge in [0.15, 0.2) is 0 Å². The highest BCUT2D eigenvalue weighted by atomic mass is 79.9. The lowest BCUT2D eigenvalue weighted by Gasteiger charge is -2.33. The van der Waals surface area contributed by atoms with Crippen molar-refractivity contribution in [3.63, 3.8) is 0 Å². The number of ether oxygens (including phenoxy) is 1. The van der Waals surface area contributed by atoms with Crippen LogP contribution in [0.2, 0.25) is 0 Å². The maximum atomic E-state index is 5.67. The third-order valence-corrected chi connectivity index (χ3v) is 4.85. The monoisotopic (exact) mass is 336 g/mol. The van der Waals surface area contributed by atoms with Gasteiger partial charge in [-0.1, -0.05) is 61.8 Å². The van der Waals surface area contributed by atoms with Gasteiger partial charge in [0.25, 0.3) is 0 Å². The van der Waals surface area contributed by atoms with Crippen molar-refractivity contribution in [3.05, 3.63) is 39.4 Å². The number of allylic oxidation sites excluding steroid dienone is 1. The summed E-state index contributed by atoms with van der Waals surface area (Å²) in [7, 11) is 0. The highest BCUT2D eigenvalue weighted by Gasteiger charge is 2.30. The molecule has 2 rings (SSSR count). The van der Waals surface area contributed by atoms with Gasteiger partial charge in [-0.2, -0.15) is 0 Å². The van der Waals surface area contributed by atoms with Gasteiger partial charge in [0, 0.05) is 16.5 Å². The SMILES string of the molecule is CCOCC(C)(C)c1cc2c(cc1Br)C=CCC2(C)C. The van der Waals surface area contributed by atoms with Gasteiger partial charge < -0.3 is 4.74 Å². The van der Waals surface area contributed by atoms with Crippen LogP contribution in [0.1, 0.15) is 57.7 Å². The van der Waals surface area contributed by atoms with Crippen LogP contribution in [-0.4, -0.2) is 13.2 Å². The molecule has 0 aromatic heterocycles. The zero-order valence-corrected chi connectivity index (χ0v) is 14.8. The molecule has 0 aliphatic heterocycles. The molecule has 1 nitrogen and oxygen atoms in total. The summed E-state index contributed by atoms with van der Waals surface area (Å²) >= 11 is 3.75. The van der Waals surface area contributed by atoms with Crippen molar-refractivity contribution >= 4 is 22.0 Å². The van der Waals surface area contributed by atoms with Crippen molar-refractivity contribution in [2.75, 3.05) is 13.2 Å². The molecule has 1 aromatic carbocycles. The Morgan fingerprint density at radius 3 is 2.65 bits per heavy atom. The minimum atomic E-state index is 0.0150. The van der Waals surface area contributed by atoms with Crippen molar-refractivity contribution in [3.8, 4) is 0 Å². The fourth-order valence-electron chi connectivity index (χ4n) is 2.86. The summed E-state index contributed by atoms with van der Waals surface area (Å²) in [6.45, 7) is 12.7. The second-order valence-electron chi connectivity index (χ2n) is 6.93. The summed E-state index contributed by atoms with van der Waals surface area (Å²) in [5.74, 6) is 0. The Morgan fingerprint density at radius 2 is 2.00 bits per heavy atom. The third-order valence-electron chi connectivity index (χ3n) is 4.19. The molecule has 0 spiro atoms. The first-order valence-corrected chi connectivity index (χ1v) is 8.16. The van der Waals surface area contributed by atoms with Gasteiger partial charge in [0.1, 0.15) is 0 Å². The Balaban J connectivity index is 2.49. The molecule has 110 valence electrons. The summed E-state index contributed by atoms with van der Waals surface area (Å²) in [6, 6.07) is 4.64. The van der Waals surface area contributed by atoms with Crippen LogP contribution >= 0.6 is 15.9 Å². The van der Waals surface area contributed by atoms with E-state index in [-0.39, 0.29) is 10.8 Å². The molecule has 1 aliphatic rings. The molecule has 0 atom stereocenters. The molecule has 0 radical (unpaired) electrons. The van der Waals surface area contributed by atoms with E-state index in [1.54, 1.807) is 0 Å². The van der Waals surface area contributed by atoms with Crippen LogP contribution in [0.25, 0.3) is 6.08 Å². The van der Waals surface area contributed by atoms with Gasteiger partial charge in [-0.25, -0.2) is 0 Å². The van der Waals surface area contributed by atoms with Gasteiger partial charge in [0.2, 0.25) is 0 Å². The molecule has 0 amide bonds. The van der Waals surface area contributed by atoms with E-state index in [2.05, 4.69) is 67.9 Å². The van der Waals surface area contributed by atoms with Crippen LogP contribution in [0.15, 0.2) is 22.7 Å². The second-order valence-corrected chi connectivity index (χ2v) is 7.79. The Bertz CT molecular complexity index is 526. The van der Waals surface area contributed by atoms with Crippen molar-refractivity contribution in [2.45, 2.75) is 51.9 Å². The largest absolute Gasteiger partial charge is 0.381 e. The second kappa shape index (κ2) is 5.65. The summed E-state index contributed by atoms with van der Waals surface area (Å²) < 4.78 is 6.85. The van der Waals surface area contributed by atoms with Gasteiger partial charge in [-0.3, -0.25) is 0 Å². The van der Waals surface area contributed by atoms with Gasteiger partial charge in [-0.15, -0.1) is 0 Å². The van der Waals surface area contributed by atoms with Gasteiger partial charge >= 0.3 is 0 Å². The smallest absolute Gasteiger partial charge is 0.0557 e. The fraction of sp³-hybridized carbons (Fsp3) is 0.556. The molecule has 0 unspecified atom stereocenters. The van der Waals surface area contributed by atoms with E-state index in [1.807, 2.05) is 6.92 Å². The molecule has 1 aromatic rings. The van der Waals surface area contributed by atoms with E-state index in [1.165, 1.54) is 21.2 Å². The quantitative estimate of drug-likeness (QED) is 0.709. The lowest BCUT2D eigenvalue weighted by molar-refractivity contribution is 0.105. The van der Waals surface area contributed by atoms with E-state index in [0.717, 1.165) is 19.6 Å². The summed E-state index contributed by atoms with van der Waals surface area (Å²) in [5.41, 5.74) is 4.35. The molecule has 0 N–H and O–H groups in total. The zero-order chi connectivity index (χ0) is 15.0. The van der Waals surface area contributed by atoms with Crippen molar-refractivity contribution in [1.82, 2.24) is 0 Å². The van der Waals surface area contributed by atoms with Crippen LogP contribution in [0.3, 0.4) is 0 Å². The van der Waals surface area contributed by atoms with Crippen molar-refractivity contribution < 1.29 is 4.74 Å². The molecular formula is C18H25BrO. The van der Waals surface area contributed by atoms with E-state index in [4.69, 9.17) is 4.74 Å². The van der Waals surface area contributed by atoms with Crippen LogP contribution < -0.4 is 0 Å². The first-order valence-electron chi connectivity index (χ1n) is 7.37. The molecule has 0 saturated carbocycles. The molecule has 20 heavy (non-hydrogen) atoms. The molecule has 0 heterocycles. The number of hydrogen-bond acceptors (Lipinski definition) is 1. The Hall–Kier alpha value is -0.600. The normalized spacial score (nSPS) is 17.1. The highest BCUT2D eigenvalue weighted by molar-refractivity contribution is 9.10. The van der Waals surface area contributed by atoms with Crippen molar-refractivity contribution in [1.29, 1.82) is 0 Å². The fourth-order valence-corrected chi connectivity index (χ4v) is 3.75. The minimum Gasteiger partial charge on any atom is -0.381 e. The Morgan fingerprint density at radius 1 is 1.30 bits per heavy atom. The number of benzene rings is 1. The summed E-state index contributed by atoms with van der Waals surface area (Å²) in [5, 5.41) is 0. The first-order chi connectivity index (χ1) is 9.28. The number of halogens is 1. The predicted octanol–water partition coefficient (Wildman–Crippen LogP) is 5.46. The lowest BCUT2D eigenvalue weighted by atomic mass is 9.73. The maximum Gasteiger partial charge on any atom is 0.0557 e. The first kappa shape index (κ1) is 15.8. The van der Waals surface area contributed by atoms with E-state index in [9.17, 15) is 0 Å². The number of hydrogen-bond donors (Lipinski definition) is 0. The number of fused-ring (bicyclic) bond motifs is 1. The predicted molar refractivity (Wildman–Crippen MR) is 90.3 cm³/mol. The standard InChI is InChI=1S/C18H25BrO/c1-6-20-12-18(4,5)15-11-14-13(10-16(15)19)8-7-9-17(14,2)3/h7-8,10-11H,6,9,12H2,1-5H3. The summed E-state index contributed by atoms with van der Waals surface area (Å²) in [6.07, 6.45) is 5.62. The van der Waals surface area contributed by atoms with E-state index < -0.39 is 0 Å². The van der Waals surface area contributed by atoms with Crippen LogP contribution in [0, 0.1) is 0 Å². The lowest BCUT2D eigenvalue weighted by Crippen LogP contribution is -2.27. The van der Waals surface area contributed by atoms with Crippen LogP contribution in [0.4, 0.5) is 0 Å². The average molecular weight is 337 g/mol. The van der Waals surface area contributed by atoms with Gasteiger partial charge in [-0.05, 0) is 41.5 Å². The zero-order valence-electron chi connectivity index (χ0n) is 13.2. The third kappa shape index (κ3) is 3.01. The Labute approximate surface area is 131 Å². The van der Waals surface area contributed by atoms with Crippen molar-refractivity contribution in [2.24, 2.45) is 0 Å². The minimum absolute atomic E-state index is 0.0150. The van der Waals surface area contributed by atoms with Crippen LogP contribution in [0.5, 0.6) is 0 Å². The van der Waals surface area contributed by atoms with Crippen LogP contribution in [-0.2, 0) is 15.6 Å². The topological polar surface area (TPSA) is 9.23 Å². The highest BCUT2D eigenvalue weighted by Crippen LogP contribution is 2.41. The molecular weight excluding hydrogens is 312 g/mol. The molecule has 0 bridgehead atoms. The number of rotatable bonds is 4. The summed E-state index contributed by atoms with van der Waals surface area (Å²) in [4.78, 5) is 0. The maximum absolute atomic E-state index is 5.67. The molecule has 2 heteroatoms. The molecule has 0 saturated heterocycles. The molecule has 0 fully saturated rings. The average Bonchev–Trinajstić information content (AvgIpc) is 2.35. The van der Waals surface area contributed by atoms with E-state index in [0.29, 0.717) is 0 Å².